The molecule has 21 nitrogen and oxygen atoms in total. The van der Waals surface area contributed by atoms with Crippen molar-refractivity contribution >= 4 is 33.4 Å². The van der Waals surface area contributed by atoms with Crippen LogP contribution in [0.3, 0.4) is 0 Å². The van der Waals surface area contributed by atoms with Crippen LogP contribution >= 0.6 is 0 Å². The molecule has 16 rings (SSSR count). The number of alkyl halides is 6. The number of carbonyl (C=O) groups excluding carboxylic acids is 3. The van der Waals surface area contributed by atoms with E-state index in [2.05, 4.69) is 39.8 Å². The van der Waals surface area contributed by atoms with Crippen LogP contribution in [-0.2, 0) is 46.6 Å². The Balaban J connectivity index is 0.000000141. The number of para-hydroxylation sites is 4. The van der Waals surface area contributed by atoms with Crippen LogP contribution in [0.15, 0.2) is 175 Å². The minimum Gasteiger partial charge on any atom is -0.493 e. The van der Waals surface area contributed by atoms with E-state index in [1.165, 1.54) is 41.1 Å². The van der Waals surface area contributed by atoms with Gasteiger partial charge in [0.2, 0.25) is 10.0 Å². The Bertz CT molecular complexity index is 5000. The van der Waals surface area contributed by atoms with Crippen LogP contribution in [0, 0.1) is 5.92 Å². The Labute approximate surface area is 603 Å². The Morgan fingerprint density at radius 1 is 0.648 bits per heavy atom. The summed E-state index contributed by atoms with van der Waals surface area (Å²) in [7, 11) is -0.123. The molecule has 0 radical (unpaired) electrons. The molecule has 105 heavy (non-hydrogen) atoms. The van der Waals surface area contributed by atoms with E-state index in [1.807, 2.05) is 82.0 Å². The third-order valence-corrected chi connectivity index (χ3v) is 21.8. The molecule has 28 heteroatoms. The topological polar surface area (TPSA) is 211 Å². The van der Waals surface area contributed by atoms with Gasteiger partial charge in [-0.15, -0.1) is 0 Å². The molecule has 6 aliphatic heterocycles. The predicted molar refractivity (Wildman–Crippen MR) is 378 cm³/mol. The molecule has 0 bridgehead atoms. The molecule has 5 aromatic heterocycles. The van der Waals surface area contributed by atoms with Gasteiger partial charge in [-0.3, -0.25) is 23.7 Å². The molecule has 0 unspecified atom stereocenters. The number of methoxy groups -OCH3 is 1. The van der Waals surface area contributed by atoms with E-state index < -0.39 is 51.4 Å². The molecule has 10 aromatic rings. The van der Waals surface area contributed by atoms with E-state index in [4.69, 9.17) is 23.7 Å². The Morgan fingerprint density at radius 2 is 1.22 bits per heavy atom. The summed E-state index contributed by atoms with van der Waals surface area (Å²) in [6.07, 6.45) is 1.95. The van der Waals surface area contributed by atoms with Gasteiger partial charge in [0.1, 0.15) is 57.7 Å². The van der Waals surface area contributed by atoms with Crippen LogP contribution in [0.5, 0.6) is 28.7 Å². The fraction of sp³-hybridized carbons (Fsp3) is 0.351. The maximum Gasteiger partial charge on any atom is 0.431 e. The molecule has 6 aliphatic rings. The number of sulfonamides is 1. The lowest BCUT2D eigenvalue weighted by Crippen LogP contribution is -2.50. The van der Waals surface area contributed by atoms with Crippen molar-refractivity contribution in [1.29, 1.82) is 0 Å². The first-order valence-electron chi connectivity index (χ1n) is 34.8. The maximum atomic E-state index is 13.8. The number of pyridine rings is 1. The molecule has 3 fully saturated rings. The number of aromatic nitrogens is 7. The zero-order valence-corrected chi connectivity index (χ0v) is 59.1. The van der Waals surface area contributed by atoms with Crippen molar-refractivity contribution in [3.05, 3.63) is 210 Å². The normalized spacial score (nSPS) is 16.6. The van der Waals surface area contributed by atoms with E-state index in [0.29, 0.717) is 132 Å². The van der Waals surface area contributed by atoms with Crippen molar-refractivity contribution in [1.82, 2.24) is 52.9 Å². The second kappa shape index (κ2) is 28.1. The second-order valence-corrected chi connectivity index (χ2v) is 29.1. The molecule has 1 N–H and O–H groups in total. The van der Waals surface area contributed by atoms with E-state index in [-0.39, 0.29) is 43.7 Å². The third-order valence-electron chi connectivity index (χ3n) is 20.2. The highest BCUT2D eigenvalue weighted by molar-refractivity contribution is 7.89. The largest absolute Gasteiger partial charge is 0.493 e. The predicted octanol–water partition coefficient (Wildman–Crippen LogP) is 13.9. The quantitative estimate of drug-likeness (QED) is 0.113. The van der Waals surface area contributed by atoms with Gasteiger partial charge in [0.05, 0.1) is 41.9 Å². The van der Waals surface area contributed by atoms with Gasteiger partial charge in [-0.2, -0.15) is 36.5 Å². The molecular weight excluding hydrogens is 1380 g/mol. The van der Waals surface area contributed by atoms with Crippen LogP contribution in [0.2, 0.25) is 0 Å². The van der Waals surface area contributed by atoms with Crippen LogP contribution < -0.4 is 28.4 Å². The minimum atomic E-state index is -4.53. The highest BCUT2D eigenvalue weighted by atomic mass is 32.2. The molecule has 3 amide bonds. The summed E-state index contributed by atoms with van der Waals surface area (Å²) in [5, 5.41) is 8.81. The molecule has 3 saturated heterocycles. The summed E-state index contributed by atoms with van der Waals surface area (Å²) < 4.78 is 144. The number of aryl methyl sites for hydroxylation is 1. The number of amides is 3. The summed E-state index contributed by atoms with van der Waals surface area (Å²) >= 11 is 0. The fourth-order valence-corrected chi connectivity index (χ4v) is 15.9. The standard InChI is InChI=1S/C29H32F3N3O4.C25H24F3N3O4S.C23H21N5O2.H2/c1-19(2)10-15-38-24-9-8-20(16-25(24)37-3)27(36)34-13-11-28(12-14-34)22-17-35(18-29(30,31)32)33-26(22)21-6-4-5-7-23(21)39-28;1-2-29-36(33,34)18-9-7-17(8-10-18)23(32)30-15-13-24(14-16-30)21-11-12-22(25(26,27)28)31(21)19-5-3-4-6-20(19)35-24;1-26-21-16-6-2-3-7-19(16)30-23(17(21)14-24-26)9-12-27(13-10-23)22(29)18-15-28-11-5-4-8-20(28)25-18;/h4-9,16-17,19H,10-15,18H2,1-3H3;3-12,29H,2,13-16H2,1H3;2-8,11,14-15H,9-10,12-13H2,1H3;1H. The lowest BCUT2D eigenvalue weighted by Gasteiger charge is -2.45. The average molecular weight is 1460 g/mol. The van der Waals surface area contributed by atoms with Crippen molar-refractivity contribution in [2.75, 3.05) is 59.5 Å². The monoisotopic (exact) mass is 1460 g/mol. The van der Waals surface area contributed by atoms with Gasteiger partial charge in [-0.05, 0) is 115 Å². The third kappa shape index (κ3) is 14.0. The van der Waals surface area contributed by atoms with Gasteiger partial charge in [0.15, 0.2) is 17.1 Å². The zero-order chi connectivity index (χ0) is 73.8. The van der Waals surface area contributed by atoms with Crippen LogP contribution in [0.4, 0.5) is 26.3 Å². The Morgan fingerprint density at radius 3 is 1.85 bits per heavy atom. The van der Waals surface area contributed by atoms with Crippen molar-refractivity contribution in [3.8, 4) is 56.9 Å². The number of fused-ring (bicyclic) bond motifs is 13. The molecule has 0 atom stereocenters. The van der Waals surface area contributed by atoms with Crippen LogP contribution in [-0.4, -0.2) is 140 Å². The van der Waals surface area contributed by atoms with Crippen molar-refractivity contribution in [2.45, 2.75) is 106 Å². The zero-order valence-electron chi connectivity index (χ0n) is 58.3. The first-order valence-corrected chi connectivity index (χ1v) is 36.3. The van der Waals surface area contributed by atoms with E-state index in [1.54, 1.807) is 84.6 Å². The number of likely N-dealkylation sites (tertiary alicyclic amines) is 3. The summed E-state index contributed by atoms with van der Waals surface area (Å²) in [4.78, 5) is 49.4. The number of halogens is 6. The van der Waals surface area contributed by atoms with E-state index >= 15 is 0 Å². The number of piperidine rings is 3. The summed E-state index contributed by atoms with van der Waals surface area (Å²) in [6.45, 7) is 8.06. The van der Waals surface area contributed by atoms with Gasteiger partial charge in [0, 0.05) is 145 Å². The molecule has 11 heterocycles. The van der Waals surface area contributed by atoms with Gasteiger partial charge < -0.3 is 47.4 Å². The molecule has 0 saturated carbocycles. The molecule has 550 valence electrons. The highest BCUT2D eigenvalue weighted by Crippen LogP contribution is 2.53. The average Bonchev–Trinajstić information content (AvgIpc) is 1.50. The van der Waals surface area contributed by atoms with E-state index in [0.717, 1.165) is 58.2 Å². The summed E-state index contributed by atoms with van der Waals surface area (Å²) in [6, 6.07) is 41.1. The SMILES string of the molecule is CCNS(=O)(=O)c1ccc(C(=O)N2CCC3(CC2)Oc2ccccc2-n2c(C(F)(F)F)ccc23)cc1.COc1cc(C(=O)N2CCC3(CC2)Oc2ccccc2-c2nn(CC(F)(F)F)cc23)ccc1OCCC(C)C.Cn1ncc2c1-c1ccccc1OC21CCN(C(=O)c2cn3ccccc3n2)CC1.[HH]. The van der Waals surface area contributed by atoms with Crippen molar-refractivity contribution in [3.63, 3.8) is 0 Å². The first-order chi connectivity index (χ1) is 50.3. The number of carbonyl (C=O) groups is 3. The molecule has 0 aliphatic carbocycles. The number of ether oxygens (including phenoxy) is 5. The second-order valence-electron chi connectivity index (χ2n) is 27.3. The molecule has 3 spiro atoms. The number of hydrogen-bond acceptors (Lipinski definition) is 13. The van der Waals surface area contributed by atoms with Crippen molar-refractivity contribution in [2.24, 2.45) is 13.0 Å². The minimum absolute atomic E-state index is 0. The van der Waals surface area contributed by atoms with Gasteiger partial charge >= 0.3 is 12.4 Å². The van der Waals surface area contributed by atoms with Crippen LogP contribution in [0.1, 0.15) is 121 Å². The summed E-state index contributed by atoms with van der Waals surface area (Å²) in [5.74, 6) is 2.96. The maximum absolute atomic E-state index is 13.8. The number of hydrogen-bond donors (Lipinski definition) is 1. The van der Waals surface area contributed by atoms with Crippen molar-refractivity contribution < 1.29 is 74.3 Å². The van der Waals surface area contributed by atoms with Gasteiger partial charge in [-0.1, -0.05) is 63.2 Å². The number of benzene rings is 5. The summed E-state index contributed by atoms with van der Waals surface area (Å²) in [5.41, 5.74) is 4.83. The van der Waals surface area contributed by atoms with Gasteiger partial charge in [0.25, 0.3) is 17.7 Å². The highest BCUT2D eigenvalue weighted by Gasteiger charge is 2.51. The molecule has 5 aromatic carbocycles. The fourth-order valence-electron chi connectivity index (χ4n) is 14.9. The Hall–Kier alpha value is -10.6. The smallest absolute Gasteiger partial charge is 0.431 e. The molecular formula is C77H79F6N11O10S. The number of imidazole rings is 1. The van der Waals surface area contributed by atoms with E-state index in [9.17, 15) is 49.1 Å². The number of rotatable bonds is 12. The van der Waals surface area contributed by atoms with Crippen LogP contribution in [0.25, 0.3) is 33.8 Å². The lowest BCUT2D eigenvalue weighted by atomic mass is 9.81. The number of nitrogens with zero attached hydrogens (tertiary/aromatic N) is 10. The number of nitrogens with one attached hydrogen (secondary N) is 1. The van der Waals surface area contributed by atoms with Gasteiger partial charge in [-0.25, -0.2) is 18.1 Å². The Kier molecular flexibility index (Phi) is 19.1. The first kappa shape index (κ1) is 71.4. The lowest BCUT2D eigenvalue weighted by molar-refractivity contribution is -0.143.